The van der Waals surface area contributed by atoms with Gasteiger partial charge in [0.15, 0.2) is 0 Å². The predicted octanol–water partition coefficient (Wildman–Crippen LogP) is 4.20. The highest BCUT2D eigenvalue weighted by molar-refractivity contribution is 6.06. The second-order valence-corrected chi connectivity index (χ2v) is 5.66. The lowest BCUT2D eigenvalue weighted by Crippen LogP contribution is -2.15. The van der Waals surface area contributed by atoms with Crippen LogP contribution in [0.1, 0.15) is 26.3 Å². The predicted molar refractivity (Wildman–Crippen MR) is 99.9 cm³/mol. The van der Waals surface area contributed by atoms with Crippen LogP contribution >= 0.6 is 0 Å². The molecule has 3 rings (SSSR count). The minimum Gasteiger partial charge on any atom is -0.322 e. The number of amides is 2. The first kappa shape index (κ1) is 17.8. The maximum atomic E-state index is 14.0. The largest absolute Gasteiger partial charge is 0.322 e. The number of halogens is 1. The van der Waals surface area contributed by atoms with Gasteiger partial charge in [-0.05, 0) is 48.5 Å². The third-order valence-electron chi connectivity index (χ3n) is 3.76. The molecule has 27 heavy (non-hydrogen) atoms. The van der Waals surface area contributed by atoms with Gasteiger partial charge in [-0.2, -0.15) is 5.26 Å². The number of carbonyl (C=O) groups excluding carboxylic acids is 2. The summed E-state index contributed by atoms with van der Waals surface area (Å²) in [6, 6.07) is 20.7. The third kappa shape index (κ3) is 4.35. The molecule has 0 radical (unpaired) electrons. The summed E-state index contributed by atoms with van der Waals surface area (Å²) in [4.78, 5) is 24.5. The van der Waals surface area contributed by atoms with Crippen molar-refractivity contribution < 1.29 is 14.0 Å². The summed E-state index contributed by atoms with van der Waals surface area (Å²) in [5.41, 5.74) is 1.35. The topological polar surface area (TPSA) is 82.0 Å². The first-order chi connectivity index (χ1) is 13.1. The fourth-order valence-corrected chi connectivity index (χ4v) is 2.43. The molecular formula is C21H14FN3O2. The van der Waals surface area contributed by atoms with Crippen molar-refractivity contribution in [2.75, 3.05) is 10.6 Å². The molecule has 132 valence electrons. The molecule has 5 nitrogen and oxygen atoms in total. The molecule has 0 aliphatic carbocycles. The van der Waals surface area contributed by atoms with Gasteiger partial charge in [0.1, 0.15) is 5.82 Å². The molecular weight excluding hydrogens is 345 g/mol. The summed E-state index contributed by atoms with van der Waals surface area (Å²) in [5.74, 6) is -1.71. The highest BCUT2D eigenvalue weighted by atomic mass is 19.1. The van der Waals surface area contributed by atoms with E-state index in [2.05, 4.69) is 10.6 Å². The molecule has 0 atom stereocenters. The molecule has 0 unspecified atom stereocenters. The highest BCUT2D eigenvalue weighted by Crippen LogP contribution is 2.18. The zero-order valence-electron chi connectivity index (χ0n) is 14.1. The van der Waals surface area contributed by atoms with Gasteiger partial charge >= 0.3 is 0 Å². The summed E-state index contributed by atoms with van der Waals surface area (Å²) in [6.07, 6.45) is 0. The molecule has 0 saturated heterocycles. The van der Waals surface area contributed by atoms with E-state index in [1.165, 1.54) is 12.1 Å². The Morgan fingerprint density at radius 1 is 0.815 bits per heavy atom. The lowest BCUT2D eigenvalue weighted by Gasteiger charge is -2.09. The van der Waals surface area contributed by atoms with Crippen LogP contribution in [0, 0.1) is 17.1 Å². The zero-order valence-corrected chi connectivity index (χ0v) is 14.1. The number of rotatable bonds is 4. The monoisotopic (exact) mass is 359 g/mol. The minimum absolute atomic E-state index is 0.134. The third-order valence-corrected chi connectivity index (χ3v) is 3.76. The maximum Gasteiger partial charge on any atom is 0.258 e. The van der Waals surface area contributed by atoms with Crippen molar-refractivity contribution in [3.8, 4) is 6.07 Å². The number of nitrogens with one attached hydrogen (secondary N) is 2. The van der Waals surface area contributed by atoms with Crippen molar-refractivity contribution in [3.63, 3.8) is 0 Å². The summed E-state index contributed by atoms with van der Waals surface area (Å²) in [5, 5.41) is 14.1. The summed E-state index contributed by atoms with van der Waals surface area (Å²) in [6.45, 7) is 0. The molecule has 0 aliphatic rings. The quantitative estimate of drug-likeness (QED) is 0.732. The smallest absolute Gasteiger partial charge is 0.258 e. The van der Waals surface area contributed by atoms with Crippen molar-refractivity contribution in [1.82, 2.24) is 0 Å². The average Bonchev–Trinajstić information content (AvgIpc) is 2.68. The molecule has 0 spiro atoms. The molecule has 0 fully saturated rings. The Labute approximate surface area is 155 Å². The Hall–Kier alpha value is -3.98. The summed E-state index contributed by atoms with van der Waals surface area (Å²) < 4.78 is 14.0. The molecule has 3 aromatic rings. The Morgan fingerprint density at radius 2 is 1.48 bits per heavy atom. The molecule has 0 saturated carbocycles. The van der Waals surface area contributed by atoms with Crippen molar-refractivity contribution in [1.29, 1.82) is 5.26 Å². The van der Waals surface area contributed by atoms with Gasteiger partial charge in [-0.1, -0.05) is 24.3 Å². The highest BCUT2D eigenvalue weighted by Gasteiger charge is 2.13. The fraction of sp³-hybridized carbons (Fsp3) is 0. The van der Waals surface area contributed by atoms with Gasteiger partial charge < -0.3 is 10.6 Å². The number of hydrogen-bond donors (Lipinski definition) is 2. The molecule has 6 heteroatoms. The van der Waals surface area contributed by atoms with Crippen molar-refractivity contribution in [2.24, 2.45) is 0 Å². The zero-order chi connectivity index (χ0) is 19.2. The Bertz CT molecular complexity index is 1040. The van der Waals surface area contributed by atoms with Crippen LogP contribution < -0.4 is 10.6 Å². The van der Waals surface area contributed by atoms with Gasteiger partial charge in [-0.15, -0.1) is 0 Å². The van der Waals surface area contributed by atoms with Crippen LogP contribution in [0.15, 0.2) is 72.8 Å². The van der Waals surface area contributed by atoms with E-state index < -0.39 is 11.7 Å². The number of carbonyl (C=O) groups is 2. The Kier molecular flexibility index (Phi) is 5.24. The lowest BCUT2D eigenvalue weighted by atomic mass is 10.1. The fourth-order valence-electron chi connectivity index (χ4n) is 2.43. The van der Waals surface area contributed by atoms with Gasteiger partial charge in [-0.3, -0.25) is 9.59 Å². The van der Waals surface area contributed by atoms with Crippen molar-refractivity contribution in [3.05, 3.63) is 95.3 Å². The first-order valence-electron chi connectivity index (χ1n) is 8.04. The molecule has 2 amide bonds. The second kappa shape index (κ2) is 7.93. The number of benzene rings is 3. The minimum atomic E-state index is -0.778. The van der Waals surface area contributed by atoms with Gasteiger partial charge in [0, 0.05) is 16.9 Å². The van der Waals surface area contributed by atoms with E-state index in [-0.39, 0.29) is 17.0 Å². The molecule has 3 aromatic carbocycles. The van der Waals surface area contributed by atoms with E-state index >= 15 is 0 Å². The van der Waals surface area contributed by atoms with Crippen LogP contribution in [0.3, 0.4) is 0 Å². The van der Waals surface area contributed by atoms with E-state index in [0.29, 0.717) is 16.9 Å². The molecule has 2 N–H and O–H groups in total. The first-order valence-corrected chi connectivity index (χ1v) is 8.04. The van der Waals surface area contributed by atoms with E-state index in [9.17, 15) is 14.0 Å². The molecule has 0 aromatic heterocycles. The van der Waals surface area contributed by atoms with Crippen LogP contribution in [0.2, 0.25) is 0 Å². The van der Waals surface area contributed by atoms with E-state index in [0.717, 1.165) is 6.07 Å². The molecule has 0 bridgehead atoms. The van der Waals surface area contributed by atoms with Crippen LogP contribution in [0.25, 0.3) is 0 Å². The van der Waals surface area contributed by atoms with Gasteiger partial charge in [-0.25, -0.2) is 4.39 Å². The lowest BCUT2D eigenvalue weighted by molar-refractivity contribution is 0.101. The Morgan fingerprint density at radius 3 is 2.11 bits per heavy atom. The maximum absolute atomic E-state index is 14.0. The summed E-state index contributed by atoms with van der Waals surface area (Å²) >= 11 is 0. The van der Waals surface area contributed by atoms with Crippen LogP contribution in [-0.4, -0.2) is 11.8 Å². The van der Waals surface area contributed by atoms with E-state index in [4.69, 9.17) is 5.26 Å². The van der Waals surface area contributed by atoms with Crippen LogP contribution in [0.4, 0.5) is 15.8 Å². The number of hydrogen-bond acceptors (Lipinski definition) is 3. The van der Waals surface area contributed by atoms with E-state index in [1.54, 1.807) is 48.5 Å². The number of nitrogens with zero attached hydrogens (tertiary/aromatic N) is 1. The Balaban J connectivity index is 1.73. The summed E-state index contributed by atoms with van der Waals surface area (Å²) in [7, 11) is 0. The van der Waals surface area contributed by atoms with Gasteiger partial charge in [0.2, 0.25) is 0 Å². The molecule has 0 aliphatic heterocycles. The SMILES string of the molecule is N#Cc1ccc(C(=O)Nc2cccc(NC(=O)c3ccccc3)c2)c(F)c1. The number of nitriles is 1. The average molecular weight is 359 g/mol. The van der Waals surface area contributed by atoms with Crippen molar-refractivity contribution >= 4 is 23.2 Å². The van der Waals surface area contributed by atoms with Crippen LogP contribution in [-0.2, 0) is 0 Å². The van der Waals surface area contributed by atoms with Crippen molar-refractivity contribution in [2.45, 2.75) is 0 Å². The normalized spacial score (nSPS) is 9.93. The molecule has 0 heterocycles. The standard InChI is InChI=1S/C21H14FN3O2/c22-19-11-14(13-23)9-10-18(19)21(27)25-17-8-4-7-16(12-17)24-20(26)15-5-2-1-3-6-15/h1-12H,(H,24,26)(H,25,27). The van der Waals surface area contributed by atoms with E-state index in [1.807, 2.05) is 12.1 Å². The van der Waals surface area contributed by atoms with Gasteiger partial charge in [0.25, 0.3) is 11.8 Å². The van der Waals surface area contributed by atoms with Gasteiger partial charge in [0.05, 0.1) is 17.2 Å². The van der Waals surface area contributed by atoms with Crippen LogP contribution in [0.5, 0.6) is 0 Å². The number of anilines is 2. The second-order valence-electron chi connectivity index (χ2n) is 5.66.